The second-order valence-electron chi connectivity index (χ2n) is 4.15. The van der Waals surface area contributed by atoms with Crippen molar-refractivity contribution >= 4 is 23.8 Å². The van der Waals surface area contributed by atoms with Crippen LogP contribution < -0.4 is 0 Å². The van der Waals surface area contributed by atoms with E-state index in [-0.39, 0.29) is 0 Å². The molecule has 0 aliphatic rings. The second kappa shape index (κ2) is 5.70. The molecule has 1 heteroatoms. The third-order valence-electron chi connectivity index (χ3n) is 2.94. The molecule has 0 unspecified atom stereocenters. The van der Waals surface area contributed by atoms with Crippen LogP contribution in [0.1, 0.15) is 22.3 Å². The average Bonchev–Trinajstić information content (AvgIpc) is 2.42. The third-order valence-corrected chi connectivity index (χ3v) is 3.40. The highest BCUT2D eigenvalue weighted by Crippen LogP contribution is 2.24. The summed E-state index contributed by atoms with van der Waals surface area (Å²) in [6.07, 6.45) is 4.46. The Morgan fingerprint density at radius 3 is 2.28 bits per heavy atom. The van der Waals surface area contributed by atoms with Crippen LogP contribution in [0.5, 0.6) is 0 Å². The van der Waals surface area contributed by atoms with Crippen molar-refractivity contribution in [1.29, 1.82) is 0 Å². The summed E-state index contributed by atoms with van der Waals surface area (Å²) in [5, 5.41) is 0.792. The maximum Gasteiger partial charge on any atom is 0.0513 e. The summed E-state index contributed by atoms with van der Waals surface area (Å²) in [7, 11) is 0. The van der Waals surface area contributed by atoms with Crippen molar-refractivity contribution in [2.75, 3.05) is 0 Å². The molecule has 0 aromatic heterocycles. The van der Waals surface area contributed by atoms with Crippen LogP contribution in [0.15, 0.2) is 55.6 Å². The zero-order valence-electron chi connectivity index (χ0n) is 10.2. The molecular formula is C17H15Cl. The first-order chi connectivity index (χ1) is 8.74. The van der Waals surface area contributed by atoms with Crippen molar-refractivity contribution in [1.82, 2.24) is 0 Å². The van der Waals surface area contributed by atoms with Crippen LogP contribution >= 0.6 is 11.6 Å². The van der Waals surface area contributed by atoms with E-state index in [1.54, 1.807) is 6.08 Å². The molecule has 0 saturated carbocycles. The minimum absolute atomic E-state index is 0.792. The molecule has 2 aromatic carbocycles. The summed E-state index contributed by atoms with van der Waals surface area (Å²) in [6, 6.07) is 14.4. The molecule has 0 aliphatic carbocycles. The van der Waals surface area contributed by atoms with Gasteiger partial charge < -0.3 is 0 Å². The molecule has 90 valence electrons. The quantitative estimate of drug-likeness (QED) is 0.702. The van der Waals surface area contributed by atoms with Crippen molar-refractivity contribution in [3.8, 4) is 0 Å². The van der Waals surface area contributed by atoms with E-state index in [1.807, 2.05) is 18.2 Å². The van der Waals surface area contributed by atoms with E-state index in [4.69, 9.17) is 11.6 Å². The average molecular weight is 255 g/mol. The van der Waals surface area contributed by atoms with Crippen LogP contribution in [0.2, 0.25) is 5.02 Å². The largest absolute Gasteiger partial charge is 0.0985 e. The van der Waals surface area contributed by atoms with Crippen LogP contribution in [-0.4, -0.2) is 0 Å². The van der Waals surface area contributed by atoms with E-state index in [9.17, 15) is 0 Å². The lowest BCUT2D eigenvalue weighted by molar-refractivity contribution is 1.19. The molecule has 0 nitrogen and oxygen atoms in total. The minimum atomic E-state index is 0.792. The van der Waals surface area contributed by atoms with Crippen molar-refractivity contribution in [3.05, 3.63) is 82.9 Å². The Bertz CT molecular complexity index is 565. The van der Waals surface area contributed by atoms with E-state index >= 15 is 0 Å². The van der Waals surface area contributed by atoms with Gasteiger partial charge in [-0.3, -0.25) is 0 Å². The molecule has 0 bridgehead atoms. The molecule has 0 heterocycles. The predicted molar refractivity (Wildman–Crippen MR) is 80.9 cm³/mol. The van der Waals surface area contributed by atoms with Crippen molar-refractivity contribution in [2.24, 2.45) is 0 Å². The summed E-state index contributed by atoms with van der Waals surface area (Å²) in [5.74, 6) is 0. The van der Waals surface area contributed by atoms with Crippen LogP contribution in [0.3, 0.4) is 0 Å². The first kappa shape index (κ1) is 12.7. The molecule has 0 atom stereocenters. The molecule has 0 spiro atoms. The van der Waals surface area contributed by atoms with Crippen molar-refractivity contribution in [2.45, 2.75) is 6.42 Å². The topological polar surface area (TPSA) is 0 Å². The summed E-state index contributed by atoms with van der Waals surface area (Å²) in [4.78, 5) is 0. The maximum atomic E-state index is 6.33. The molecule has 0 fully saturated rings. The highest BCUT2D eigenvalue weighted by molar-refractivity contribution is 6.32. The first-order valence-electron chi connectivity index (χ1n) is 5.86. The molecule has 0 N–H and O–H groups in total. The number of hydrogen-bond donors (Lipinski definition) is 0. The smallest absolute Gasteiger partial charge is 0.0513 e. The van der Waals surface area contributed by atoms with Gasteiger partial charge >= 0.3 is 0 Å². The van der Waals surface area contributed by atoms with Gasteiger partial charge in [0.05, 0.1) is 5.02 Å². The SMILES string of the molecule is C=Cc1ccc(Cc2cccc(C=C)c2Cl)cc1. The molecule has 0 amide bonds. The molecule has 18 heavy (non-hydrogen) atoms. The Balaban J connectivity index is 2.27. The third kappa shape index (κ3) is 2.72. The first-order valence-corrected chi connectivity index (χ1v) is 6.23. The normalized spacial score (nSPS) is 10.1. The van der Waals surface area contributed by atoms with Crippen LogP contribution in [-0.2, 0) is 6.42 Å². The van der Waals surface area contributed by atoms with E-state index in [0.29, 0.717) is 0 Å². The number of benzene rings is 2. The number of halogens is 1. The molecular weight excluding hydrogens is 240 g/mol. The van der Waals surface area contributed by atoms with Gasteiger partial charge in [-0.05, 0) is 28.7 Å². The fourth-order valence-electron chi connectivity index (χ4n) is 1.89. The van der Waals surface area contributed by atoms with Crippen LogP contribution in [0.25, 0.3) is 12.2 Å². The van der Waals surface area contributed by atoms with Gasteiger partial charge in [-0.25, -0.2) is 0 Å². The highest BCUT2D eigenvalue weighted by atomic mass is 35.5. The predicted octanol–water partition coefficient (Wildman–Crippen LogP) is 5.22. The molecule has 0 aliphatic heterocycles. The fraction of sp³-hybridized carbons (Fsp3) is 0.0588. The lowest BCUT2D eigenvalue weighted by Gasteiger charge is -2.07. The van der Waals surface area contributed by atoms with Gasteiger partial charge in [0.15, 0.2) is 0 Å². The monoisotopic (exact) mass is 254 g/mol. The van der Waals surface area contributed by atoms with E-state index < -0.39 is 0 Å². The van der Waals surface area contributed by atoms with Crippen LogP contribution in [0.4, 0.5) is 0 Å². The van der Waals surface area contributed by atoms with Crippen LogP contribution in [0, 0.1) is 0 Å². The Hall–Kier alpha value is -1.79. The Kier molecular flexibility index (Phi) is 4.01. The van der Waals surface area contributed by atoms with Gasteiger partial charge in [0.1, 0.15) is 0 Å². The lowest BCUT2D eigenvalue weighted by Crippen LogP contribution is -1.91. The fourth-order valence-corrected chi connectivity index (χ4v) is 2.16. The maximum absolute atomic E-state index is 6.33. The summed E-state index contributed by atoms with van der Waals surface area (Å²) >= 11 is 6.33. The van der Waals surface area contributed by atoms with Gasteiger partial charge in [-0.15, -0.1) is 0 Å². The van der Waals surface area contributed by atoms with Gasteiger partial charge in [0.25, 0.3) is 0 Å². The van der Waals surface area contributed by atoms with Gasteiger partial charge in [0.2, 0.25) is 0 Å². The van der Waals surface area contributed by atoms with Gasteiger partial charge in [-0.1, -0.05) is 79.4 Å². The Morgan fingerprint density at radius 2 is 1.67 bits per heavy atom. The van der Waals surface area contributed by atoms with E-state index in [0.717, 1.165) is 28.1 Å². The van der Waals surface area contributed by atoms with Crippen molar-refractivity contribution in [3.63, 3.8) is 0 Å². The lowest BCUT2D eigenvalue weighted by atomic mass is 10.0. The Labute approximate surface area is 113 Å². The summed E-state index contributed by atoms with van der Waals surface area (Å²) < 4.78 is 0. The summed E-state index contributed by atoms with van der Waals surface area (Å²) in [5.41, 5.74) is 4.48. The number of hydrogen-bond acceptors (Lipinski definition) is 0. The second-order valence-corrected chi connectivity index (χ2v) is 4.52. The van der Waals surface area contributed by atoms with Gasteiger partial charge in [-0.2, -0.15) is 0 Å². The van der Waals surface area contributed by atoms with E-state index in [2.05, 4.69) is 43.5 Å². The Morgan fingerprint density at radius 1 is 0.944 bits per heavy atom. The molecule has 0 saturated heterocycles. The zero-order chi connectivity index (χ0) is 13.0. The number of rotatable bonds is 4. The standard InChI is InChI=1S/C17H15Cl/c1-3-13-8-10-14(11-9-13)12-16-7-5-6-15(4-2)17(16)18/h3-11H,1-2,12H2. The van der Waals surface area contributed by atoms with Gasteiger partial charge in [0, 0.05) is 0 Å². The van der Waals surface area contributed by atoms with E-state index in [1.165, 1.54) is 5.56 Å². The molecule has 2 aromatic rings. The summed E-state index contributed by atoms with van der Waals surface area (Å²) in [6.45, 7) is 7.52. The zero-order valence-corrected chi connectivity index (χ0v) is 11.0. The van der Waals surface area contributed by atoms with Crippen molar-refractivity contribution < 1.29 is 0 Å². The molecule has 2 rings (SSSR count). The minimum Gasteiger partial charge on any atom is -0.0985 e. The highest BCUT2D eigenvalue weighted by Gasteiger charge is 2.04. The molecule has 0 radical (unpaired) electrons.